The summed E-state index contributed by atoms with van der Waals surface area (Å²) in [6, 6.07) is 4.33. The monoisotopic (exact) mass is 405 g/mol. The van der Waals surface area contributed by atoms with Crippen molar-refractivity contribution in [3.05, 3.63) is 23.4 Å². The van der Waals surface area contributed by atoms with Gasteiger partial charge in [0, 0.05) is 38.5 Å². The summed E-state index contributed by atoms with van der Waals surface area (Å²) in [6.45, 7) is 7.13. The molecule has 4 heterocycles. The van der Waals surface area contributed by atoms with Gasteiger partial charge in [-0.2, -0.15) is 0 Å². The number of carbonyl (C=O) groups excluding carboxylic acids is 1. The molecule has 1 saturated carbocycles. The number of rotatable bonds is 5. The van der Waals surface area contributed by atoms with Crippen molar-refractivity contribution in [2.24, 2.45) is 0 Å². The summed E-state index contributed by atoms with van der Waals surface area (Å²) in [5.41, 5.74) is 0.891. The number of hydrogen-bond donors (Lipinski definition) is 1. The molecular weight excluding hydrogens is 374 g/mol. The van der Waals surface area contributed by atoms with E-state index in [-0.39, 0.29) is 17.7 Å². The summed E-state index contributed by atoms with van der Waals surface area (Å²) in [5.74, 6) is 0.629. The maximum Gasteiger partial charge on any atom is 0.416 e. The quantitative estimate of drug-likeness (QED) is 0.754. The molecule has 0 aromatic carbocycles. The minimum Gasteiger partial charge on any atom is -0.443 e. The van der Waals surface area contributed by atoms with Gasteiger partial charge >= 0.3 is 6.09 Å². The number of anilines is 1. The zero-order valence-corrected chi connectivity index (χ0v) is 17.9. The van der Waals surface area contributed by atoms with Crippen molar-refractivity contribution in [3.63, 3.8) is 0 Å². The second-order valence-corrected chi connectivity index (χ2v) is 9.11. The van der Waals surface area contributed by atoms with E-state index in [0.717, 1.165) is 38.0 Å². The molecule has 8 nitrogen and oxygen atoms in total. The molecule has 1 atom stereocenters. The van der Waals surface area contributed by atoms with Gasteiger partial charge in [-0.05, 0) is 46.1 Å². The Balaban J connectivity index is 1.71. The highest BCUT2D eigenvalue weighted by Gasteiger charge is 2.57. The zero-order chi connectivity index (χ0) is 20.8. The van der Waals surface area contributed by atoms with E-state index in [1.165, 1.54) is 0 Å². The van der Waals surface area contributed by atoms with Crippen LogP contribution in [0.4, 0.5) is 10.6 Å². The molecule has 2 bridgehead atoms. The highest BCUT2D eigenvalue weighted by atomic mass is 16.7. The molecule has 1 amide bonds. The number of carbonyl (C=O) groups is 1. The number of nitrogens with one attached hydrogen (secondary N) is 1. The van der Waals surface area contributed by atoms with Crippen LogP contribution in [0.25, 0.3) is 0 Å². The molecule has 2 fully saturated rings. The maximum absolute atomic E-state index is 13.0. The molecule has 1 aromatic rings. The molecule has 0 spiro atoms. The molecule has 5 rings (SSSR count). The van der Waals surface area contributed by atoms with Gasteiger partial charge in [-0.3, -0.25) is 4.90 Å². The van der Waals surface area contributed by atoms with E-state index < -0.39 is 11.9 Å². The number of amides is 1. The predicted molar refractivity (Wildman–Crippen MR) is 107 cm³/mol. The van der Waals surface area contributed by atoms with E-state index in [2.05, 4.69) is 5.32 Å². The van der Waals surface area contributed by atoms with Gasteiger partial charge in [0.1, 0.15) is 11.4 Å². The van der Waals surface area contributed by atoms with Gasteiger partial charge in [0.05, 0.1) is 17.8 Å². The van der Waals surface area contributed by atoms with Crippen molar-refractivity contribution in [2.75, 3.05) is 32.3 Å². The molecule has 3 aliphatic heterocycles. The molecule has 160 valence electrons. The van der Waals surface area contributed by atoms with E-state index in [1.54, 1.807) is 19.1 Å². The van der Waals surface area contributed by atoms with Gasteiger partial charge in [-0.15, -0.1) is 0 Å². The van der Waals surface area contributed by atoms with Crippen LogP contribution in [-0.4, -0.2) is 56.2 Å². The van der Waals surface area contributed by atoms with E-state index in [1.807, 2.05) is 32.9 Å². The third-order valence-corrected chi connectivity index (χ3v) is 5.84. The third kappa shape index (κ3) is 3.74. The first-order chi connectivity index (χ1) is 13.8. The molecular formula is C21H31N3O5. The first kappa shape index (κ1) is 20.5. The van der Waals surface area contributed by atoms with Crippen molar-refractivity contribution < 1.29 is 23.7 Å². The largest absolute Gasteiger partial charge is 0.443 e. The Labute approximate surface area is 171 Å². The smallest absolute Gasteiger partial charge is 0.416 e. The zero-order valence-electron chi connectivity index (χ0n) is 17.9. The molecule has 8 heteroatoms. The third-order valence-electron chi connectivity index (χ3n) is 5.84. The topological polar surface area (TPSA) is 82.2 Å². The van der Waals surface area contributed by atoms with E-state index in [9.17, 15) is 4.79 Å². The second-order valence-electron chi connectivity index (χ2n) is 9.11. The van der Waals surface area contributed by atoms with Crippen LogP contribution in [0.1, 0.15) is 57.6 Å². The molecule has 1 saturated heterocycles. The summed E-state index contributed by atoms with van der Waals surface area (Å²) in [4.78, 5) is 19.5. The maximum atomic E-state index is 13.0. The molecule has 1 unspecified atom stereocenters. The minimum absolute atomic E-state index is 0.0541. The first-order valence-electron chi connectivity index (χ1n) is 10.2. The van der Waals surface area contributed by atoms with E-state index in [4.69, 9.17) is 23.9 Å². The van der Waals surface area contributed by atoms with Gasteiger partial charge < -0.3 is 24.3 Å². The van der Waals surface area contributed by atoms with Crippen LogP contribution in [0.5, 0.6) is 0 Å². The SMILES string of the molecule is COC(OC)c1ccc2c(n1)N(C(=O)OC(C)(C)C)C1CC2(NC2CCOC2)C1. The number of aromatic nitrogens is 1. The Morgan fingerprint density at radius 2 is 2.03 bits per heavy atom. The molecule has 29 heavy (non-hydrogen) atoms. The normalized spacial score (nSPS) is 28.3. The van der Waals surface area contributed by atoms with Gasteiger partial charge in [-0.25, -0.2) is 9.78 Å². The van der Waals surface area contributed by atoms with Crippen LogP contribution in [0, 0.1) is 0 Å². The molecule has 1 aliphatic carbocycles. The minimum atomic E-state index is -0.591. The Hall–Kier alpha value is -1.74. The Morgan fingerprint density at radius 3 is 2.62 bits per heavy atom. The lowest BCUT2D eigenvalue weighted by Crippen LogP contribution is -2.67. The van der Waals surface area contributed by atoms with Gasteiger partial charge in [0.15, 0.2) is 0 Å². The lowest BCUT2D eigenvalue weighted by Gasteiger charge is -2.58. The van der Waals surface area contributed by atoms with Crippen LogP contribution in [0.2, 0.25) is 0 Å². The highest BCUT2D eigenvalue weighted by Crippen LogP contribution is 2.53. The number of ether oxygens (including phenoxy) is 4. The summed E-state index contributed by atoms with van der Waals surface area (Å²) in [5, 5.41) is 3.79. The number of nitrogens with zero attached hydrogens (tertiary/aromatic N) is 2. The van der Waals surface area contributed by atoms with Crippen LogP contribution in [0.3, 0.4) is 0 Å². The summed E-state index contributed by atoms with van der Waals surface area (Å²) >= 11 is 0. The highest BCUT2D eigenvalue weighted by molar-refractivity contribution is 5.90. The lowest BCUT2D eigenvalue weighted by molar-refractivity contribution is -0.108. The average molecular weight is 405 g/mol. The molecule has 1 aromatic heterocycles. The standard InChI is InChI=1S/C21H31N3O5/c1-20(2,3)29-19(25)24-14-10-21(11-14,23-13-8-9-28-12-13)15-6-7-16(22-17(15)24)18(26-4)27-5/h6-7,13-14,18,23H,8-12H2,1-5H3. The van der Waals surface area contributed by atoms with Crippen molar-refractivity contribution in [3.8, 4) is 0 Å². The van der Waals surface area contributed by atoms with Crippen LogP contribution < -0.4 is 10.2 Å². The predicted octanol–water partition coefficient (Wildman–Crippen LogP) is 2.86. The lowest BCUT2D eigenvalue weighted by atomic mass is 9.64. The molecule has 0 radical (unpaired) electrons. The Bertz CT molecular complexity index is 762. The summed E-state index contributed by atoms with van der Waals surface area (Å²) < 4.78 is 22.0. The number of hydrogen-bond acceptors (Lipinski definition) is 7. The fourth-order valence-corrected chi connectivity index (χ4v) is 4.59. The fourth-order valence-electron chi connectivity index (χ4n) is 4.59. The Kier molecular flexibility index (Phi) is 5.31. The van der Waals surface area contributed by atoms with Gasteiger partial charge in [0.2, 0.25) is 6.29 Å². The van der Waals surface area contributed by atoms with Gasteiger partial charge in [0.25, 0.3) is 0 Å². The molecule has 1 N–H and O–H groups in total. The van der Waals surface area contributed by atoms with Crippen LogP contribution >= 0.6 is 0 Å². The fraction of sp³-hybridized carbons (Fsp3) is 0.714. The first-order valence-corrected chi connectivity index (χ1v) is 10.2. The molecule has 4 aliphatic rings. The second kappa shape index (κ2) is 7.50. The van der Waals surface area contributed by atoms with Crippen molar-refractivity contribution in [1.29, 1.82) is 0 Å². The average Bonchev–Trinajstić information content (AvgIpc) is 3.13. The van der Waals surface area contributed by atoms with E-state index in [0.29, 0.717) is 17.6 Å². The van der Waals surface area contributed by atoms with Crippen LogP contribution in [-0.2, 0) is 24.5 Å². The van der Waals surface area contributed by atoms with Crippen LogP contribution in [0.15, 0.2) is 12.1 Å². The van der Waals surface area contributed by atoms with Crippen molar-refractivity contribution in [1.82, 2.24) is 10.3 Å². The van der Waals surface area contributed by atoms with E-state index >= 15 is 0 Å². The number of pyridine rings is 1. The Morgan fingerprint density at radius 1 is 1.31 bits per heavy atom. The van der Waals surface area contributed by atoms with Crippen molar-refractivity contribution in [2.45, 2.75) is 69.5 Å². The van der Waals surface area contributed by atoms with Gasteiger partial charge in [-0.1, -0.05) is 6.07 Å². The van der Waals surface area contributed by atoms with Crippen molar-refractivity contribution >= 4 is 11.9 Å². The summed E-state index contributed by atoms with van der Waals surface area (Å²) in [6.07, 6.45) is 1.73. The number of methoxy groups -OCH3 is 2. The summed E-state index contributed by atoms with van der Waals surface area (Å²) in [7, 11) is 3.14.